The van der Waals surface area contributed by atoms with Crippen molar-refractivity contribution in [3.05, 3.63) is 0 Å². The van der Waals surface area contributed by atoms with Gasteiger partial charge in [-0.15, -0.1) is 0 Å². The smallest absolute Gasteiger partial charge is 0.269 e. The first kappa shape index (κ1) is 31.5. The zero-order valence-electron chi connectivity index (χ0n) is 24.1. The molecule has 1 aromatic rings. The number of hydrogen-bond acceptors (Lipinski definition) is 7. The van der Waals surface area contributed by atoms with Crippen LogP contribution in [-0.2, 0) is 9.05 Å². The molecule has 0 fully saturated rings. The summed E-state index contributed by atoms with van der Waals surface area (Å²) in [6, 6.07) is 0. The SMILES string of the molecule is CC(C)(C)Oc1c(OC(C)(C)C)c(OC(C)(C)C)c(S(=O)(=O)Cl)c(OC(C)(C)C)c1OC(C)(C)C. The van der Waals surface area contributed by atoms with Gasteiger partial charge in [-0.3, -0.25) is 0 Å². The third-order valence-electron chi connectivity index (χ3n) is 3.52. The van der Waals surface area contributed by atoms with E-state index in [4.69, 9.17) is 34.4 Å². The molecule has 0 radical (unpaired) electrons. The number of benzene rings is 1. The largest absolute Gasteiger partial charge is 0.483 e. The molecule has 204 valence electrons. The molecule has 0 aliphatic rings. The molecule has 0 aromatic heterocycles. The molecule has 35 heavy (non-hydrogen) atoms. The Hall–Kier alpha value is -1.54. The van der Waals surface area contributed by atoms with Crippen LogP contribution in [0.25, 0.3) is 0 Å². The van der Waals surface area contributed by atoms with Crippen LogP contribution < -0.4 is 23.7 Å². The first-order chi connectivity index (χ1) is 15.1. The van der Waals surface area contributed by atoms with E-state index < -0.39 is 37.1 Å². The summed E-state index contributed by atoms with van der Waals surface area (Å²) in [6.07, 6.45) is 0. The van der Waals surface area contributed by atoms with Crippen molar-refractivity contribution in [2.24, 2.45) is 0 Å². The Bertz CT molecular complexity index is 954. The molecule has 7 nitrogen and oxygen atoms in total. The molecule has 1 rings (SSSR count). The van der Waals surface area contributed by atoms with Gasteiger partial charge >= 0.3 is 0 Å². The van der Waals surface area contributed by atoms with Gasteiger partial charge in [0.25, 0.3) is 9.05 Å². The predicted molar refractivity (Wildman–Crippen MR) is 141 cm³/mol. The van der Waals surface area contributed by atoms with E-state index in [1.807, 2.05) is 62.3 Å². The summed E-state index contributed by atoms with van der Waals surface area (Å²) in [5.74, 6) is 0.124. The molecule has 1 aromatic carbocycles. The molecular formula is C26H45ClO7S. The Labute approximate surface area is 217 Å². The van der Waals surface area contributed by atoms with Gasteiger partial charge in [-0.05, 0) is 104 Å². The number of ether oxygens (including phenoxy) is 5. The molecule has 0 N–H and O–H groups in total. The van der Waals surface area contributed by atoms with Crippen LogP contribution in [0.4, 0.5) is 0 Å². The van der Waals surface area contributed by atoms with Gasteiger partial charge in [0, 0.05) is 10.7 Å². The Morgan fingerprint density at radius 1 is 0.429 bits per heavy atom. The molecule has 0 bridgehead atoms. The normalized spacial score (nSPS) is 13.9. The average Bonchev–Trinajstić information content (AvgIpc) is 2.46. The molecular weight excluding hydrogens is 492 g/mol. The lowest BCUT2D eigenvalue weighted by atomic mass is 10.1. The second kappa shape index (κ2) is 9.73. The average molecular weight is 537 g/mol. The Kier molecular flexibility index (Phi) is 8.75. The molecule has 0 spiro atoms. The molecule has 0 atom stereocenters. The summed E-state index contributed by atoms with van der Waals surface area (Å²) in [5.41, 5.74) is -3.81. The summed E-state index contributed by atoms with van der Waals surface area (Å²) < 4.78 is 57.8. The van der Waals surface area contributed by atoms with E-state index in [-0.39, 0.29) is 33.6 Å². The highest BCUT2D eigenvalue weighted by molar-refractivity contribution is 8.14. The van der Waals surface area contributed by atoms with Crippen LogP contribution in [0, 0.1) is 0 Å². The van der Waals surface area contributed by atoms with Gasteiger partial charge in [-0.2, -0.15) is 0 Å². The Morgan fingerprint density at radius 3 is 0.771 bits per heavy atom. The topological polar surface area (TPSA) is 80.3 Å². The van der Waals surface area contributed by atoms with E-state index in [0.29, 0.717) is 0 Å². The highest BCUT2D eigenvalue weighted by atomic mass is 35.7. The summed E-state index contributed by atoms with van der Waals surface area (Å²) in [7, 11) is 1.64. The molecule has 0 amide bonds. The van der Waals surface area contributed by atoms with Crippen molar-refractivity contribution >= 4 is 19.7 Å². The van der Waals surface area contributed by atoms with Crippen molar-refractivity contribution in [1.82, 2.24) is 0 Å². The Morgan fingerprint density at radius 2 is 0.600 bits per heavy atom. The summed E-state index contributed by atoms with van der Waals surface area (Å²) in [5, 5.41) is 0. The molecule has 0 saturated carbocycles. The predicted octanol–water partition coefficient (Wildman–Crippen LogP) is 7.50. The van der Waals surface area contributed by atoms with E-state index in [2.05, 4.69) is 0 Å². The second-order valence-electron chi connectivity index (χ2n) is 13.5. The fourth-order valence-electron chi connectivity index (χ4n) is 2.83. The molecule has 0 aliphatic heterocycles. The summed E-state index contributed by atoms with van der Waals surface area (Å²) in [4.78, 5) is -0.372. The maximum Gasteiger partial charge on any atom is 0.269 e. The molecule has 0 unspecified atom stereocenters. The van der Waals surface area contributed by atoms with Crippen molar-refractivity contribution in [2.45, 2.75) is 137 Å². The van der Waals surface area contributed by atoms with Crippen molar-refractivity contribution in [2.75, 3.05) is 0 Å². The molecule has 9 heteroatoms. The minimum Gasteiger partial charge on any atom is -0.483 e. The van der Waals surface area contributed by atoms with Gasteiger partial charge in [0.15, 0.2) is 16.4 Å². The van der Waals surface area contributed by atoms with Gasteiger partial charge in [0.1, 0.15) is 28.0 Å². The maximum atomic E-state index is 13.1. The third-order valence-corrected chi connectivity index (χ3v) is 4.84. The zero-order chi connectivity index (χ0) is 28.0. The summed E-state index contributed by atoms with van der Waals surface area (Å²) >= 11 is 0. The Balaban J connectivity index is 4.53. The molecule has 0 saturated heterocycles. The van der Waals surface area contributed by atoms with Crippen LogP contribution in [0.1, 0.15) is 104 Å². The van der Waals surface area contributed by atoms with Crippen LogP contribution in [0.3, 0.4) is 0 Å². The second-order valence-corrected chi connectivity index (χ2v) is 16.0. The van der Waals surface area contributed by atoms with Crippen molar-refractivity contribution in [1.29, 1.82) is 0 Å². The van der Waals surface area contributed by atoms with Gasteiger partial charge in [-0.25, -0.2) is 8.42 Å². The van der Waals surface area contributed by atoms with Gasteiger partial charge in [0.05, 0.1) is 0 Å². The van der Waals surface area contributed by atoms with E-state index in [1.54, 1.807) is 41.5 Å². The first-order valence-electron chi connectivity index (χ1n) is 11.7. The lowest BCUT2D eigenvalue weighted by Crippen LogP contribution is -2.32. The van der Waals surface area contributed by atoms with Crippen molar-refractivity contribution in [3.8, 4) is 28.7 Å². The minimum absolute atomic E-state index is 0.0714. The lowest BCUT2D eigenvalue weighted by Gasteiger charge is -2.36. The number of halogens is 1. The first-order valence-corrected chi connectivity index (χ1v) is 14.0. The fourth-order valence-corrected chi connectivity index (χ4v) is 3.97. The highest BCUT2D eigenvalue weighted by Gasteiger charge is 2.41. The minimum atomic E-state index is -4.42. The number of hydrogen-bond donors (Lipinski definition) is 0. The van der Waals surface area contributed by atoms with E-state index in [0.717, 1.165) is 0 Å². The standard InChI is InChI=1S/C26H45ClO7S/c1-22(2,3)30-16-17(31-23(4,5)6)19(33-25(10,11)12)21(35(27,28)29)20(34-26(13,14)15)18(16)32-24(7,8)9/h1-15H3. The van der Waals surface area contributed by atoms with E-state index in [1.165, 1.54) is 0 Å². The van der Waals surface area contributed by atoms with Crippen LogP contribution in [0.2, 0.25) is 0 Å². The molecule has 0 aliphatic carbocycles. The van der Waals surface area contributed by atoms with E-state index >= 15 is 0 Å². The van der Waals surface area contributed by atoms with E-state index in [9.17, 15) is 8.42 Å². The van der Waals surface area contributed by atoms with Crippen molar-refractivity contribution < 1.29 is 32.1 Å². The summed E-state index contributed by atoms with van der Waals surface area (Å²) in [6.45, 7) is 27.4. The zero-order valence-corrected chi connectivity index (χ0v) is 25.7. The quantitative estimate of drug-likeness (QED) is 0.348. The number of rotatable bonds is 6. The highest BCUT2D eigenvalue weighted by Crippen LogP contribution is 2.59. The van der Waals surface area contributed by atoms with Crippen LogP contribution in [0.5, 0.6) is 28.7 Å². The monoisotopic (exact) mass is 536 g/mol. The van der Waals surface area contributed by atoms with Crippen LogP contribution >= 0.6 is 10.7 Å². The fraction of sp³-hybridized carbons (Fsp3) is 0.769. The molecule has 0 heterocycles. The van der Waals surface area contributed by atoms with Crippen molar-refractivity contribution in [3.63, 3.8) is 0 Å². The van der Waals surface area contributed by atoms with Gasteiger partial charge in [-0.1, -0.05) is 0 Å². The van der Waals surface area contributed by atoms with Gasteiger partial charge in [0.2, 0.25) is 17.2 Å². The van der Waals surface area contributed by atoms with Crippen LogP contribution in [0.15, 0.2) is 4.90 Å². The lowest BCUT2D eigenvalue weighted by molar-refractivity contribution is 0.0535. The van der Waals surface area contributed by atoms with Crippen LogP contribution in [-0.4, -0.2) is 36.4 Å². The van der Waals surface area contributed by atoms with Gasteiger partial charge < -0.3 is 23.7 Å². The third kappa shape index (κ3) is 10.5. The maximum absolute atomic E-state index is 13.1.